The third-order valence-corrected chi connectivity index (χ3v) is 3.31. The van der Waals surface area contributed by atoms with Crippen molar-refractivity contribution in [3.63, 3.8) is 0 Å². The van der Waals surface area contributed by atoms with Crippen molar-refractivity contribution < 1.29 is 14.7 Å². The molecule has 0 radical (unpaired) electrons. The molecule has 4 heteroatoms. The molecular formula is C16H23NO3. The van der Waals surface area contributed by atoms with Crippen molar-refractivity contribution in [3.8, 4) is 0 Å². The molecule has 0 aromatic heterocycles. The number of amides is 1. The first-order valence-electron chi connectivity index (χ1n) is 7.13. The summed E-state index contributed by atoms with van der Waals surface area (Å²) in [4.78, 5) is 22.1. The first kappa shape index (κ1) is 16.2. The number of carboxylic acid groups (broad SMARTS) is 1. The van der Waals surface area contributed by atoms with Crippen LogP contribution in [0.5, 0.6) is 0 Å². The molecule has 1 unspecified atom stereocenters. The van der Waals surface area contributed by atoms with Crippen LogP contribution in [0.25, 0.3) is 0 Å². The number of carbonyl (C=O) groups is 2. The molecule has 0 aliphatic heterocycles. The quantitative estimate of drug-likeness (QED) is 0.718. The van der Waals surface area contributed by atoms with Crippen LogP contribution in [-0.2, 0) is 16.0 Å². The number of aryl methyl sites for hydroxylation is 1. The van der Waals surface area contributed by atoms with Gasteiger partial charge in [0.05, 0.1) is 6.04 Å². The normalized spacial score (nSPS) is 11.9. The highest BCUT2D eigenvalue weighted by Gasteiger charge is 2.09. The summed E-state index contributed by atoms with van der Waals surface area (Å²) in [5, 5.41) is 11.5. The van der Waals surface area contributed by atoms with Gasteiger partial charge in [-0.15, -0.1) is 0 Å². The molecule has 0 fully saturated rings. The Kier molecular flexibility index (Phi) is 6.77. The van der Waals surface area contributed by atoms with Gasteiger partial charge in [-0.05, 0) is 37.3 Å². The SMILES string of the molecule is CCc1ccc(C(C)NC(=O)CCCCC(=O)O)cc1. The van der Waals surface area contributed by atoms with E-state index in [1.165, 1.54) is 5.56 Å². The Labute approximate surface area is 120 Å². The maximum absolute atomic E-state index is 11.7. The Morgan fingerprint density at radius 1 is 1.15 bits per heavy atom. The lowest BCUT2D eigenvalue weighted by Gasteiger charge is -2.14. The lowest BCUT2D eigenvalue weighted by atomic mass is 10.0. The van der Waals surface area contributed by atoms with Gasteiger partial charge < -0.3 is 10.4 Å². The fraction of sp³-hybridized carbons (Fsp3) is 0.500. The highest BCUT2D eigenvalue weighted by Crippen LogP contribution is 2.14. The molecule has 1 aromatic rings. The van der Waals surface area contributed by atoms with Crippen LogP contribution in [0.15, 0.2) is 24.3 Å². The number of benzene rings is 1. The van der Waals surface area contributed by atoms with Gasteiger partial charge in [0.1, 0.15) is 0 Å². The van der Waals surface area contributed by atoms with Gasteiger partial charge in [0.2, 0.25) is 5.91 Å². The molecule has 0 aliphatic carbocycles. The smallest absolute Gasteiger partial charge is 0.303 e. The second-order valence-corrected chi connectivity index (χ2v) is 4.99. The van der Waals surface area contributed by atoms with Crippen LogP contribution < -0.4 is 5.32 Å². The highest BCUT2D eigenvalue weighted by molar-refractivity contribution is 5.76. The van der Waals surface area contributed by atoms with Gasteiger partial charge in [-0.2, -0.15) is 0 Å². The number of carbonyl (C=O) groups excluding carboxylic acids is 1. The number of carboxylic acids is 1. The molecular weight excluding hydrogens is 254 g/mol. The van der Waals surface area contributed by atoms with Gasteiger partial charge in [0.25, 0.3) is 0 Å². The minimum absolute atomic E-state index is 0.0205. The van der Waals surface area contributed by atoms with E-state index in [1.807, 2.05) is 19.1 Å². The minimum Gasteiger partial charge on any atom is -0.481 e. The van der Waals surface area contributed by atoms with Crippen molar-refractivity contribution in [1.29, 1.82) is 0 Å². The molecule has 20 heavy (non-hydrogen) atoms. The standard InChI is InChI=1S/C16H23NO3/c1-3-13-8-10-14(11-9-13)12(2)17-15(18)6-4-5-7-16(19)20/h8-12H,3-7H2,1-2H3,(H,17,18)(H,19,20). The van der Waals surface area contributed by atoms with Gasteiger partial charge in [-0.25, -0.2) is 0 Å². The van der Waals surface area contributed by atoms with Crippen molar-refractivity contribution in [3.05, 3.63) is 35.4 Å². The van der Waals surface area contributed by atoms with E-state index in [2.05, 4.69) is 24.4 Å². The maximum Gasteiger partial charge on any atom is 0.303 e. The average molecular weight is 277 g/mol. The van der Waals surface area contributed by atoms with Gasteiger partial charge in [0, 0.05) is 12.8 Å². The second-order valence-electron chi connectivity index (χ2n) is 4.99. The number of unbranched alkanes of at least 4 members (excludes halogenated alkanes) is 1. The summed E-state index contributed by atoms with van der Waals surface area (Å²) in [6.45, 7) is 4.06. The van der Waals surface area contributed by atoms with E-state index in [0.717, 1.165) is 12.0 Å². The van der Waals surface area contributed by atoms with E-state index in [1.54, 1.807) is 0 Å². The number of rotatable bonds is 8. The molecule has 4 nitrogen and oxygen atoms in total. The van der Waals surface area contributed by atoms with Crippen molar-refractivity contribution >= 4 is 11.9 Å². The van der Waals surface area contributed by atoms with Crippen molar-refractivity contribution in [1.82, 2.24) is 5.32 Å². The number of aliphatic carboxylic acids is 1. The Morgan fingerprint density at radius 2 is 1.75 bits per heavy atom. The largest absolute Gasteiger partial charge is 0.481 e. The Hall–Kier alpha value is -1.84. The van der Waals surface area contributed by atoms with Crippen LogP contribution in [0.1, 0.15) is 56.7 Å². The van der Waals surface area contributed by atoms with Crippen molar-refractivity contribution in [2.45, 2.75) is 52.0 Å². The van der Waals surface area contributed by atoms with Crippen LogP contribution >= 0.6 is 0 Å². The van der Waals surface area contributed by atoms with E-state index in [9.17, 15) is 9.59 Å². The van der Waals surface area contributed by atoms with E-state index >= 15 is 0 Å². The van der Waals surface area contributed by atoms with Crippen LogP contribution in [0.2, 0.25) is 0 Å². The molecule has 0 aliphatic rings. The van der Waals surface area contributed by atoms with E-state index in [-0.39, 0.29) is 18.4 Å². The molecule has 0 saturated carbocycles. The van der Waals surface area contributed by atoms with Crippen molar-refractivity contribution in [2.75, 3.05) is 0 Å². The van der Waals surface area contributed by atoms with Crippen LogP contribution in [0, 0.1) is 0 Å². The molecule has 1 rings (SSSR count). The molecule has 1 atom stereocenters. The molecule has 1 aromatic carbocycles. The molecule has 2 N–H and O–H groups in total. The van der Waals surface area contributed by atoms with Crippen LogP contribution in [0.4, 0.5) is 0 Å². The number of nitrogens with one attached hydrogen (secondary N) is 1. The Morgan fingerprint density at radius 3 is 2.30 bits per heavy atom. The molecule has 110 valence electrons. The Bertz CT molecular complexity index is 440. The fourth-order valence-electron chi connectivity index (χ4n) is 2.00. The summed E-state index contributed by atoms with van der Waals surface area (Å²) in [7, 11) is 0. The topological polar surface area (TPSA) is 66.4 Å². The molecule has 0 heterocycles. The van der Waals surface area contributed by atoms with Gasteiger partial charge >= 0.3 is 5.97 Å². The summed E-state index contributed by atoms with van der Waals surface area (Å²) in [6.07, 6.45) is 2.67. The van der Waals surface area contributed by atoms with E-state index < -0.39 is 5.97 Å². The summed E-state index contributed by atoms with van der Waals surface area (Å²) in [5.41, 5.74) is 2.36. The fourth-order valence-corrected chi connectivity index (χ4v) is 2.00. The third kappa shape index (κ3) is 5.87. The molecule has 0 saturated heterocycles. The summed E-state index contributed by atoms with van der Waals surface area (Å²) in [5.74, 6) is -0.836. The number of hydrogen-bond donors (Lipinski definition) is 2. The predicted octanol–water partition coefficient (Wildman–Crippen LogP) is 3.07. The first-order chi connectivity index (χ1) is 9.52. The zero-order valence-corrected chi connectivity index (χ0v) is 12.2. The summed E-state index contributed by atoms with van der Waals surface area (Å²) < 4.78 is 0. The average Bonchev–Trinajstić information content (AvgIpc) is 2.43. The van der Waals surface area contributed by atoms with Gasteiger partial charge in [-0.1, -0.05) is 31.2 Å². The summed E-state index contributed by atoms with van der Waals surface area (Å²) >= 11 is 0. The zero-order chi connectivity index (χ0) is 15.0. The van der Waals surface area contributed by atoms with Crippen LogP contribution in [-0.4, -0.2) is 17.0 Å². The zero-order valence-electron chi connectivity index (χ0n) is 12.2. The monoisotopic (exact) mass is 277 g/mol. The highest BCUT2D eigenvalue weighted by atomic mass is 16.4. The third-order valence-electron chi connectivity index (χ3n) is 3.31. The van der Waals surface area contributed by atoms with Gasteiger partial charge in [-0.3, -0.25) is 9.59 Å². The van der Waals surface area contributed by atoms with Crippen LogP contribution in [0.3, 0.4) is 0 Å². The lowest BCUT2D eigenvalue weighted by Crippen LogP contribution is -2.26. The Balaban J connectivity index is 2.34. The van der Waals surface area contributed by atoms with E-state index in [4.69, 9.17) is 5.11 Å². The molecule has 1 amide bonds. The maximum atomic E-state index is 11.7. The van der Waals surface area contributed by atoms with E-state index in [0.29, 0.717) is 19.3 Å². The minimum atomic E-state index is -0.810. The van der Waals surface area contributed by atoms with Gasteiger partial charge in [0.15, 0.2) is 0 Å². The number of hydrogen-bond acceptors (Lipinski definition) is 2. The first-order valence-corrected chi connectivity index (χ1v) is 7.13. The molecule has 0 spiro atoms. The second kappa shape index (κ2) is 8.35. The molecule has 0 bridgehead atoms. The lowest BCUT2D eigenvalue weighted by molar-refractivity contribution is -0.137. The summed E-state index contributed by atoms with van der Waals surface area (Å²) in [6, 6.07) is 8.20. The predicted molar refractivity (Wildman–Crippen MR) is 78.5 cm³/mol. The van der Waals surface area contributed by atoms with Crippen molar-refractivity contribution in [2.24, 2.45) is 0 Å².